The molecule has 34 heavy (non-hydrogen) atoms. The first-order chi connectivity index (χ1) is 16.7. The lowest BCUT2D eigenvalue weighted by Crippen LogP contribution is -2.16. The van der Waals surface area contributed by atoms with Crippen molar-refractivity contribution in [3.8, 4) is 0 Å². The van der Waals surface area contributed by atoms with Crippen molar-refractivity contribution in [3.63, 3.8) is 0 Å². The quantitative estimate of drug-likeness (QED) is 0.241. The zero-order chi connectivity index (χ0) is 23.3. The highest BCUT2D eigenvalue weighted by Crippen LogP contribution is 2.39. The van der Waals surface area contributed by atoms with Crippen LogP contribution in [0.5, 0.6) is 0 Å². The molecule has 0 nitrogen and oxygen atoms in total. The van der Waals surface area contributed by atoms with Crippen LogP contribution in [0.15, 0.2) is 60.7 Å². The second-order valence-corrected chi connectivity index (χ2v) is 11.1. The van der Waals surface area contributed by atoms with E-state index in [2.05, 4.69) is 74.5 Å². The fourth-order valence-corrected chi connectivity index (χ4v) is 6.48. The van der Waals surface area contributed by atoms with Crippen molar-refractivity contribution in [3.05, 3.63) is 105 Å². The van der Waals surface area contributed by atoms with Crippen LogP contribution in [-0.2, 0) is 25.7 Å². The number of rotatable bonds is 12. The molecule has 3 aromatic rings. The van der Waals surface area contributed by atoms with Gasteiger partial charge in [0.1, 0.15) is 0 Å². The Bertz CT molecular complexity index is 1020. The molecule has 0 amide bonds. The molecule has 3 aromatic carbocycles. The number of aryl methyl sites for hydroxylation is 4. The van der Waals surface area contributed by atoms with Crippen LogP contribution in [0, 0.1) is 13.8 Å². The second-order valence-electron chi connectivity index (χ2n) is 11.1. The molecule has 2 unspecified atom stereocenters. The summed E-state index contributed by atoms with van der Waals surface area (Å²) >= 11 is 0. The van der Waals surface area contributed by atoms with Gasteiger partial charge in [-0.15, -0.1) is 0 Å². The third-order valence-corrected chi connectivity index (χ3v) is 8.71. The fraction of sp³-hybridized carbons (Fsp3) is 0.471. The number of hydrogen-bond donors (Lipinski definition) is 0. The van der Waals surface area contributed by atoms with Crippen LogP contribution in [0.1, 0.15) is 108 Å². The Morgan fingerprint density at radius 3 is 1.44 bits per heavy atom. The normalized spacial score (nSPS) is 18.1. The molecule has 5 rings (SSSR count). The minimum absolute atomic E-state index is 0.837. The van der Waals surface area contributed by atoms with E-state index in [9.17, 15) is 0 Å². The maximum Gasteiger partial charge on any atom is -0.0119 e. The SMILES string of the molecule is Cc1cc(CCCCCC2Cc3ccccc32)c(C)cc1CCCCCC1Cc2ccccc21. The molecule has 0 fully saturated rings. The largest absolute Gasteiger partial charge is 0.0620 e. The van der Waals surface area contributed by atoms with Gasteiger partial charge in [-0.3, -0.25) is 0 Å². The van der Waals surface area contributed by atoms with E-state index in [4.69, 9.17) is 0 Å². The van der Waals surface area contributed by atoms with Gasteiger partial charge in [0.2, 0.25) is 0 Å². The molecular weight excluding hydrogens is 408 g/mol. The Morgan fingerprint density at radius 2 is 1.00 bits per heavy atom. The highest BCUT2D eigenvalue weighted by atomic mass is 14.3. The lowest BCUT2D eigenvalue weighted by atomic mass is 9.75. The van der Waals surface area contributed by atoms with E-state index in [0.29, 0.717) is 0 Å². The van der Waals surface area contributed by atoms with Crippen molar-refractivity contribution in [2.75, 3.05) is 0 Å². The highest BCUT2D eigenvalue weighted by molar-refractivity contribution is 5.41. The van der Waals surface area contributed by atoms with Crippen molar-refractivity contribution < 1.29 is 0 Å². The van der Waals surface area contributed by atoms with Crippen LogP contribution < -0.4 is 0 Å². The molecule has 0 heteroatoms. The lowest BCUT2D eigenvalue weighted by molar-refractivity contribution is 0.513. The van der Waals surface area contributed by atoms with Gasteiger partial charge >= 0.3 is 0 Å². The Hall–Kier alpha value is -2.34. The van der Waals surface area contributed by atoms with E-state index in [0.717, 1.165) is 11.8 Å². The first-order valence-corrected chi connectivity index (χ1v) is 13.9. The molecule has 0 saturated heterocycles. The third-order valence-electron chi connectivity index (χ3n) is 8.71. The number of fused-ring (bicyclic) bond motifs is 2. The summed E-state index contributed by atoms with van der Waals surface area (Å²) in [6, 6.07) is 23.0. The van der Waals surface area contributed by atoms with Gasteiger partial charge in [0.15, 0.2) is 0 Å². The maximum absolute atomic E-state index is 2.50. The third kappa shape index (κ3) is 5.32. The topological polar surface area (TPSA) is 0 Å². The van der Waals surface area contributed by atoms with Crippen LogP contribution in [-0.4, -0.2) is 0 Å². The molecule has 0 spiro atoms. The summed E-state index contributed by atoms with van der Waals surface area (Å²) in [5.74, 6) is 1.67. The summed E-state index contributed by atoms with van der Waals surface area (Å²) in [4.78, 5) is 0. The van der Waals surface area contributed by atoms with Gasteiger partial charge in [0.05, 0.1) is 0 Å². The van der Waals surface area contributed by atoms with Crippen molar-refractivity contribution in [1.29, 1.82) is 0 Å². The average Bonchev–Trinajstić information content (AvgIpc) is 2.81. The number of unbranched alkanes of at least 4 members (excludes halogenated alkanes) is 4. The molecule has 0 bridgehead atoms. The monoisotopic (exact) mass is 450 g/mol. The molecule has 178 valence electrons. The molecule has 0 radical (unpaired) electrons. The molecule has 2 aliphatic rings. The zero-order valence-electron chi connectivity index (χ0n) is 21.4. The molecular formula is C34H42. The van der Waals surface area contributed by atoms with E-state index in [-0.39, 0.29) is 0 Å². The number of benzene rings is 3. The van der Waals surface area contributed by atoms with Crippen LogP contribution in [0.4, 0.5) is 0 Å². The minimum Gasteiger partial charge on any atom is -0.0620 e. The van der Waals surface area contributed by atoms with Gasteiger partial charge in [0, 0.05) is 0 Å². The molecule has 0 heterocycles. The summed E-state index contributed by atoms with van der Waals surface area (Å²) < 4.78 is 0. The van der Waals surface area contributed by atoms with Crippen LogP contribution in [0.3, 0.4) is 0 Å². The predicted molar refractivity (Wildman–Crippen MR) is 146 cm³/mol. The summed E-state index contributed by atoms with van der Waals surface area (Å²) in [6.45, 7) is 4.66. The minimum atomic E-state index is 0.837. The van der Waals surface area contributed by atoms with Crippen molar-refractivity contribution in [2.24, 2.45) is 0 Å². The van der Waals surface area contributed by atoms with Crippen molar-refractivity contribution >= 4 is 0 Å². The lowest BCUT2D eigenvalue weighted by Gasteiger charge is -2.30. The summed E-state index contributed by atoms with van der Waals surface area (Å²) in [5.41, 5.74) is 12.6. The van der Waals surface area contributed by atoms with Gasteiger partial charge in [-0.05, 0) is 122 Å². The Kier molecular flexibility index (Phi) is 7.53. The summed E-state index contributed by atoms with van der Waals surface area (Å²) in [6.07, 6.45) is 16.0. The Balaban J connectivity index is 0.987. The fourth-order valence-electron chi connectivity index (χ4n) is 6.48. The predicted octanol–water partition coefficient (Wildman–Crippen LogP) is 9.19. The Labute approximate surface area is 207 Å². The van der Waals surface area contributed by atoms with Gasteiger partial charge < -0.3 is 0 Å². The van der Waals surface area contributed by atoms with Crippen LogP contribution in [0.2, 0.25) is 0 Å². The standard InChI is InChI=1S/C34H42/c1-25-21-28(14-6-4-8-16-30-24-32-18-10-12-20-34(30)32)26(2)22-27(25)13-5-3-7-15-29-23-31-17-9-11-19-33(29)31/h9-12,17-22,29-30H,3-8,13-16,23-24H2,1-2H3. The van der Waals surface area contributed by atoms with Crippen molar-refractivity contribution in [2.45, 2.75) is 103 Å². The van der Waals surface area contributed by atoms with Gasteiger partial charge in [-0.1, -0.05) is 86.3 Å². The maximum atomic E-state index is 2.50. The summed E-state index contributed by atoms with van der Waals surface area (Å²) in [5, 5.41) is 0. The molecule has 2 aliphatic carbocycles. The van der Waals surface area contributed by atoms with Gasteiger partial charge in [-0.25, -0.2) is 0 Å². The zero-order valence-corrected chi connectivity index (χ0v) is 21.4. The molecule has 0 N–H and O–H groups in total. The molecule has 0 aliphatic heterocycles. The number of hydrogen-bond acceptors (Lipinski definition) is 0. The van der Waals surface area contributed by atoms with E-state index >= 15 is 0 Å². The van der Waals surface area contributed by atoms with E-state index < -0.39 is 0 Å². The van der Waals surface area contributed by atoms with Crippen molar-refractivity contribution in [1.82, 2.24) is 0 Å². The van der Waals surface area contributed by atoms with Gasteiger partial charge in [0.25, 0.3) is 0 Å². The highest BCUT2D eigenvalue weighted by Gasteiger charge is 2.25. The Morgan fingerprint density at radius 1 is 0.559 bits per heavy atom. The molecule has 2 atom stereocenters. The second kappa shape index (κ2) is 10.9. The first kappa shape index (κ1) is 23.4. The smallest absolute Gasteiger partial charge is 0.0119 e. The van der Waals surface area contributed by atoms with Crippen LogP contribution in [0.25, 0.3) is 0 Å². The molecule has 0 saturated carbocycles. The average molecular weight is 451 g/mol. The summed E-state index contributed by atoms with van der Waals surface area (Å²) in [7, 11) is 0. The van der Waals surface area contributed by atoms with Gasteiger partial charge in [-0.2, -0.15) is 0 Å². The van der Waals surface area contributed by atoms with E-state index in [1.807, 2.05) is 0 Å². The molecule has 0 aromatic heterocycles. The first-order valence-electron chi connectivity index (χ1n) is 13.9. The van der Waals surface area contributed by atoms with E-state index in [1.165, 1.54) is 88.2 Å². The van der Waals surface area contributed by atoms with E-state index in [1.54, 1.807) is 33.4 Å². The van der Waals surface area contributed by atoms with Crippen LogP contribution >= 0.6 is 0 Å².